The zero-order valence-corrected chi connectivity index (χ0v) is 16.6. The van der Waals surface area contributed by atoms with Crippen LogP contribution in [-0.2, 0) is 23.0 Å². The number of nitrogens with one attached hydrogen (secondary N) is 1. The molecule has 0 radical (unpaired) electrons. The summed E-state index contributed by atoms with van der Waals surface area (Å²) >= 11 is 1.18. The third kappa shape index (κ3) is 3.68. The lowest BCUT2D eigenvalue weighted by atomic mass is 10.0. The number of carbonyl (C=O) groups excluding carboxylic acids is 1. The van der Waals surface area contributed by atoms with Gasteiger partial charge in [0.1, 0.15) is 9.77 Å². The predicted octanol–water partition coefficient (Wildman–Crippen LogP) is 1.79. The zero-order valence-electron chi connectivity index (χ0n) is 14.9. The summed E-state index contributed by atoms with van der Waals surface area (Å²) < 4.78 is 27.8. The van der Waals surface area contributed by atoms with Crippen LogP contribution in [0.4, 0.5) is 0 Å². The van der Waals surface area contributed by atoms with Gasteiger partial charge in [0.2, 0.25) is 10.0 Å². The van der Waals surface area contributed by atoms with Crippen LogP contribution in [0.15, 0.2) is 40.6 Å². The quantitative estimate of drug-likeness (QED) is 0.812. The number of hydrogen-bond acceptors (Lipinski definition) is 5. The number of rotatable bonds is 6. The number of thiophene rings is 1. The maximum absolute atomic E-state index is 13.2. The third-order valence-corrected chi connectivity index (χ3v) is 7.50. The lowest BCUT2D eigenvalue weighted by molar-refractivity contribution is 0.0798. The van der Waals surface area contributed by atoms with Gasteiger partial charge in [-0.25, -0.2) is 8.42 Å². The molecule has 2 heterocycles. The largest absolute Gasteiger partial charge is 0.340 e. The Hall–Kier alpha value is -1.74. The minimum atomic E-state index is -3.71. The minimum Gasteiger partial charge on any atom is -0.340 e. The third-order valence-electron chi connectivity index (χ3n) is 4.58. The Kier molecular flexibility index (Phi) is 5.76. The van der Waals surface area contributed by atoms with Crippen LogP contribution >= 0.6 is 11.3 Å². The molecule has 0 saturated heterocycles. The number of amides is 1. The van der Waals surface area contributed by atoms with Crippen molar-refractivity contribution in [2.75, 3.05) is 33.7 Å². The van der Waals surface area contributed by atoms with E-state index in [9.17, 15) is 13.2 Å². The first-order chi connectivity index (χ1) is 12.4. The monoisotopic (exact) mass is 393 g/mol. The standard InChI is InChI=1S/C18H23N3O3S2/c1-19-9-11-20(2)18(22)17-16(8-12-25-17)26(23,24)21-10-7-14-5-3-4-6-15(14)13-21/h3-6,8,12,19H,7,9-11,13H2,1-2H3. The fourth-order valence-electron chi connectivity index (χ4n) is 3.03. The average molecular weight is 394 g/mol. The molecule has 8 heteroatoms. The second kappa shape index (κ2) is 7.87. The van der Waals surface area contributed by atoms with Crippen molar-refractivity contribution in [1.82, 2.24) is 14.5 Å². The molecule has 3 rings (SSSR count). The van der Waals surface area contributed by atoms with Gasteiger partial charge >= 0.3 is 0 Å². The Morgan fingerprint density at radius 2 is 2.00 bits per heavy atom. The Morgan fingerprint density at radius 1 is 1.27 bits per heavy atom. The second-order valence-corrected chi connectivity index (χ2v) is 9.12. The summed E-state index contributed by atoms with van der Waals surface area (Å²) in [5, 5.41) is 4.66. The molecule has 0 aliphatic carbocycles. The predicted molar refractivity (Wildman–Crippen MR) is 103 cm³/mol. The molecule has 1 amide bonds. The van der Waals surface area contributed by atoms with Gasteiger partial charge < -0.3 is 10.2 Å². The number of likely N-dealkylation sites (N-methyl/N-ethyl adjacent to an activating group) is 2. The molecular weight excluding hydrogens is 370 g/mol. The summed E-state index contributed by atoms with van der Waals surface area (Å²) in [6, 6.07) is 9.43. The molecule has 140 valence electrons. The van der Waals surface area contributed by atoms with E-state index in [1.54, 1.807) is 23.4 Å². The van der Waals surface area contributed by atoms with Gasteiger partial charge in [0.25, 0.3) is 5.91 Å². The molecule has 0 saturated carbocycles. The van der Waals surface area contributed by atoms with Gasteiger partial charge in [0, 0.05) is 33.2 Å². The Bertz CT molecular complexity index is 893. The number of carbonyl (C=O) groups is 1. The molecule has 0 atom stereocenters. The van der Waals surface area contributed by atoms with Crippen molar-refractivity contribution in [3.05, 3.63) is 51.7 Å². The molecular formula is C18H23N3O3S2. The first-order valence-corrected chi connectivity index (χ1v) is 10.8. The van der Waals surface area contributed by atoms with Crippen LogP contribution in [0.2, 0.25) is 0 Å². The van der Waals surface area contributed by atoms with E-state index in [0.29, 0.717) is 32.6 Å². The molecule has 1 aromatic carbocycles. The van der Waals surface area contributed by atoms with Crippen molar-refractivity contribution in [3.8, 4) is 0 Å². The van der Waals surface area contributed by atoms with E-state index in [-0.39, 0.29) is 15.7 Å². The number of benzene rings is 1. The number of nitrogens with zero attached hydrogens (tertiary/aromatic N) is 2. The van der Waals surface area contributed by atoms with Crippen molar-refractivity contribution in [1.29, 1.82) is 0 Å². The van der Waals surface area contributed by atoms with Gasteiger partial charge in [0.15, 0.2) is 0 Å². The van der Waals surface area contributed by atoms with Crippen molar-refractivity contribution >= 4 is 27.3 Å². The van der Waals surface area contributed by atoms with Gasteiger partial charge in [-0.2, -0.15) is 4.31 Å². The molecule has 0 unspecified atom stereocenters. The van der Waals surface area contributed by atoms with Gasteiger partial charge in [-0.05, 0) is 36.0 Å². The van der Waals surface area contributed by atoms with Crippen LogP contribution in [0, 0.1) is 0 Å². The Balaban J connectivity index is 1.85. The van der Waals surface area contributed by atoms with Gasteiger partial charge in [0.05, 0.1) is 0 Å². The summed E-state index contributed by atoms with van der Waals surface area (Å²) in [5.41, 5.74) is 2.21. The maximum atomic E-state index is 13.2. The van der Waals surface area contributed by atoms with E-state index in [4.69, 9.17) is 0 Å². The van der Waals surface area contributed by atoms with E-state index in [0.717, 1.165) is 5.56 Å². The second-order valence-electron chi connectivity index (χ2n) is 6.30. The van der Waals surface area contributed by atoms with Gasteiger partial charge in [-0.15, -0.1) is 11.3 Å². The molecule has 1 aliphatic rings. The van der Waals surface area contributed by atoms with Crippen LogP contribution < -0.4 is 5.32 Å². The van der Waals surface area contributed by atoms with Crippen molar-refractivity contribution in [2.24, 2.45) is 0 Å². The molecule has 1 aliphatic heterocycles. The zero-order chi connectivity index (χ0) is 18.7. The first kappa shape index (κ1) is 19.0. The molecule has 2 aromatic rings. The SMILES string of the molecule is CNCCN(C)C(=O)c1sccc1S(=O)(=O)N1CCc2ccccc2C1. The van der Waals surface area contributed by atoms with Crippen LogP contribution in [-0.4, -0.2) is 57.3 Å². The first-order valence-electron chi connectivity index (χ1n) is 8.49. The summed E-state index contributed by atoms with van der Waals surface area (Å²) in [6.45, 7) is 1.94. The van der Waals surface area contributed by atoms with Crippen LogP contribution in [0.3, 0.4) is 0 Å². The van der Waals surface area contributed by atoms with E-state index in [1.807, 2.05) is 31.3 Å². The lowest BCUT2D eigenvalue weighted by Gasteiger charge is -2.28. The molecule has 0 bridgehead atoms. The lowest BCUT2D eigenvalue weighted by Crippen LogP contribution is -2.37. The van der Waals surface area contributed by atoms with Gasteiger partial charge in [-0.1, -0.05) is 24.3 Å². The minimum absolute atomic E-state index is 0.114. The summed E-state index contributed by atoms with van der Waals surface area (Å²) in [6.07, 6.45) is 0.685. The van der Waals surface area contributed by atoms with Crippen molar-refractivity contribution in [3.63, 3.8) is 0 Å². The Morgan fingerprint density at radius 3 is 2.73 bits per heavy atom. The summed E-state index contributed by atoms with van der Waals surface area (Å²) in [5.74, 6) is -0.258. The molecule has 0 fully saturated rings. The summed E-state index contributed by atoms with van der Waals surface area (Å²) in [4.78, 5) is 14.6. The van der Waals surface area contributed by atoms with Crippen LogP contribution in [0.25, 0.3) is 0 Å². The van der Waals surface area contributed by atoms with E-state index in [1.165, 1.54) is 21.2 Å². The van der Waals surface area contributed by atoms with E-state index >= 15 is 0 Å². The van der Waals surface area contributed by atoms with Crippen LogP contribution in [0.5, 0.6) is 0 Å². The molecule has 1 N–H and O–H groups in total. The van der Waals surface area contributed by atoms with Crippen molar-refractivity contribution in [2.45, 2.75) is 17.9 Å². The number of fused-ring (bicyclic) bond motifs is 1. The molecule has 26 heavy (non-hydrogen) atoms. The topological polar surface area (TPSA) is 69.7 Å². The highest BCUT2D eigenvalue weighted by atomic mass is 32.2. The molecule has 0 spiro atoms. The fourth-order valence-corrected chi connectivity index (χ4v) is 5.83. The van der Waals surface area contributed by atoms with E-state index < -0.39 is 10.0 Å². The smallest absolute Gasteiger partial charge is 0.265 e. The number of hydrogen-bond donors (Lipinski definition) is 1. The average Bonchev–Trinajstić information content (AvgIpc) is 3.15. The van der Waals surface area contributed by atoms with E-state index in [2.05, 4.69) is 5.32 Å². The molecule has 6 nitrogen and oxygen atoms in total. The maximum Gasteiger partial charge on any atom is 0.265 e. The Labute approximate surface area is 158 Å². The van der Waals surface area contributed by atoms with Crippen LogP contribution in [0.1, 0.15) is 20.8 Å². The normalized spacial score (nSPS) is 14.8. The fraction of sp³-hybridized carbons (Fsp3) is 0.389. The summed E-state index contributed by atoms with van der Waals surface area (Å²) in [7, 11) is -0.210. The number of sulfonamides is 1. The van der Waals surface area contributed by atoms with Crippen molar-refractivity contribution < 1.29 is 13.2 Å². The highest BCUT2D eigenvalue weighted by molar-refractivity contribution is 7.89. The molecule has 1 aromatic heterocycles. The highest BCUT2D eigenvalue weighted by Gasteiger charge is 2.33. The van der Waals surface area contributed by atoms with Gasteiger partial charge in [-0.3, -0.25) is 4.79 Å². The highest BCUT2D eigenvalue weighted by Crippen LogP contribution is 2.30.